The molecule has 2 N–H and O–H groups in total. The number of anilines is 1. The number of aryl methyl sites for hydroxylation is 1. The van der Waals surface area contributed by atoms with E-state index in [-0.39, 0.29) is 10.7 Å². The van der Waals surface area contributed by atoms with Crippen molar-refractivity contribution >= 4 is 46.7 Å². The van der Waals surface area contributed by atoms with E-state index in [2.05, 4.69) is 10.6 Å². The van der Waals surface area contributed by atoms with Crippen LogP contribution in [0.2, 0.25) is 10.0 Å². The molecule has 2 aromatic carbocycles. The molecule has 1 aliphatic heterocycles. The van der Waals surface area contributed by atoms with Gasteiger partial charge in [0, 0.05) is 0 Å². The van der Waals surface area contributed by atoms with Gasteiger partial charge in [-0.3, -0.25) is 14.5 Å². The topological polar surface area (TPSA) is 78.5 Å². The highest BCUT2D eigenvalue weighted by Crippen LogP contribution is 2.35. The lowest BCUT2D eigenvalue weighted by atomic mass is 9.85. The lowest BCUT2D eigenvalue weighted by molar-refractivity contribution is -0.134. The second kappa shape index (κ2) is 8.43. The van der Waals surface area contributed by atoms with Crippen LogP contribution in [-0.2, 0) is 15.1 Å². The molecule has 6 nitrogen and oxygen atoms in total. The summed E-state index contributed by atoms with van der Waals surface area (Å²) in [5.41, 5.74) is 0.514. The molecule has 0 unspecified atom stereocenters. The van der Waals surface area contributed by atoms with E-state index in [1.165, 1.54) is 0 Å². The van der Waals surface area contributed by atoms with Crippen molar-refractivity contribution < 1.29 is 14.4 Å². The molecule has 2 aromatic rings. The summed E-state index contributed by atoms with van der Waals surface area (Å²) in [6, 6.07) is 11.8. The Morgan fingerprint density at radius 2 is 1.83 bits per heavy atom. The van der Waals surface area contributed by atoms with Crippen LogP contribution in [-0.4, -0.2) is 29.3 Å². The molecule has 29 heavy (non-hydrogen) atoms. The maximum absolute atomic E-state index is 13.2. The first-order chi connectivity index (χ1) is 13.8. The molecule has 1 heterocycles. The molecular formula is C21H21Cl2N3O3. The maximum Gasteiger partial charge on any atom is 0.325 e. The fraction of sp³-hybridized carbons (Fsp3) is 0.286. The van der Waals surface area contributed by atoms with Gasteiger partial charge in [0.25, 0.3) is 5.91 Å². The van der Waals surface area contributed by atoms with Gasteiger partial charge >= 0.3 is 6.03 Å². The lowest BCUT2D eigenvalue weighted by Gasteiger charge is -2.26. The van der Waals surface area contributed by atoms with Crippen LogP contribution in [0.25, 0.3) is 0 Å². The van der Waals surface area contributed by atoms with Gasteiger partial charge in [-0.1, -0.05) is 72.9 Å². The number of benzene rings is 2. The molecular weight excluding hydrogens is 413 g/mol. The number of halogens is 2. The molecule has 0 saturated carbocycles. The molecule has 1 aliphatic rings. The molecule has 3 rings (SSSR count). The summed E-state index contributed by atoms with van der Waals surface area (Å²) in [6.45, 7) is 3.27. The van der Waals surface area contributed by atoms with E-state index in [0.717, 1.165) is 10.5 Å². The standard InChI is InChI=1S/C21H21Cl2N3O3/c1-3-11-21(14-7-5-4-6-8-14)19(28)26(20(29)25-21)12-16(27)24-18-15(22)10-9-13(2)17(18)23/h4-10H,3,11-12H2,1-2H3,(H,24,27)(H,25,29)/t21-/m0/s1. The van der Waals surface area contributed by atoms with Crippen LogP contribution in [0.5, 0.6) is 0 Å². The monoisotopic (exact) mass is 433 g/mol. The first-order valence-corrected chi connectivity index (χ1v) is 10.00. The number of urea groups is 1. The van der Waals surface area contributed by atoms with Gasteiger partial charge in [-0.25, -0.2) is 4.79 Å². The van der Waals surface area contributed by atoms with Gasteiger partial charge in [0.15, 0.2) is 0 Å². The van der Waals surface area contributed by atoms with Gasteiger partial charge in [-0.15, -0.1) is 0 Å². The van der Waals surface area contributed by atoms with Crippen LogP contribution in [0.15, 0.2) is 42.5 Å². The molecule has 1 fully saturated rings. The van der Waals surface area contributed by atoms with Gasteiger partial charge in [-0.2, -0.15) is 0 Å². The van der Waals surface area contributed by atoms with Crippen LogP contribution in [0.3, 0.4) is 0 Å². The average molecular weight is 434 g/mol. The molecule has 0 spiro atoms. The highest BCUT2D eigenvalue weighted by molar-refractivity contribution is 6.40. The first-order valence-electron chi connectivity index (χ1n) is 9.24. The van der Waals surface area contributed by atoms with Crippen LogP contribution in [0.1, 0.15) is 30.9 Å². The van der Waals surface area contributed by atoms with E-state index < -0.39 is 29.9 Å². The summed E-state index contributed by atoms with van der Waals surface area (Å²) < 4.78 is 0. The summed E-state index contributed by atoms with van der Waals surface area (Å²) >= 11 is 12.4. The second-order valence-corrected chi connectivity index (χ2v) is 7.73. The number of hydrogen-bond acceptors (Lipinski definition) is 3. The minimum Gasteiger partial charge on any atom is -0.322 e. The van der Waals surface area contributed by atoms with Crippen molar-refractivity contribution in [3.8, 4) is 0 Å². The Balaban J connectivity index is 1.83. The predicted octanol–water partition coefficient (Wildman–Crippen LogP) is 4.49. The highest BCUT2D eigenvalue weighted by Gasteiger charge is 2.52. The molecule has 1 saturated heterocycles. The molecule has 0 radical (unpaired) electrons. The average Bonchev–Trinajstić information content (AvgIpc) is 2.94. The Kier molecular flexibility index (Phi) is 6.15. The third-order valence-electron chi connectivity index (χ3n) is 4.92. The number of imide groups is 1. The predicted molar refractivity (Wildman–Crippen MR) is 113 cm³/mol. The van der Waals surface area contributed by atoms with Crippen molar-refractivity contribution in [2.75, 3.05) is 11.9 Å². The van der Waals surface area contributed by atoms with E-state index >= 15 is 0 Å². The van der Waals surface area contributed by atoms with E-state index in [0.29, 0.717) is 23.4 Å². The summed E-state index contributed by atoms with van der Waals surface area (Å²) in [4.78, 5) is 39.3. The molecule has 152 valence electrons. The van der Waals surface area contributed by atoms with Crippen LogP contribution >= 0.6 is 23.2 Å². The number of rotatable bonds is 6. The third kappa shape index (κ3) is 3.95. The second-order valence-electron chi connectivity index (χ2n) is 6.94. The minimum absolute atomic E-state index is 0.258. The lowest BCUT2D eigenvalue weighted by Crippen LogP contribution is -2.44. The minimum atomic E-state index is -1.17. The van der Waals surface area contributed by atoms with E-state index in [9.17, 15) is 14.4 Å². The molecule has 0 aromatic heterocycles. The van der Waals surface area contributed by atoms with Crippen molar-refractivity contribution in [1.29, 1.82) is 0 Å². The Morgan fingerprint density at radius 1 is 1.14 bits per heavy atom. The van der Waals surface area contributed by atoms with Gasteiger partial charge in [-0.05, 0) is 30.5 Å². The number of hydrogen-bond donors (Lipinski definition) is 2. The van der Waals surface area contributed by atoms with Crippen molar-refractivity contribution in [3.63, 3.8) is 0 Å². The summed E-state index contributed by atoms with van der Waals surface area (Å²) in [6.07, 6.45) is 1.10. The Labute approximate surface area is 179 Å². The normalized spacial score (nSPS) is 18.7. The Hall–Kier alpha value is -2.57. The van der Waals surface area contributed by atoms with Crippen molar-refractivity contribution in [3.05, 3.63) is 63.6 Å². The Morgan fingerprint density at radius 3 is 2.48 bits per heavy atom. The van der Waals surface area contributed by atoms with E-state index in [4.69, 9.17) is 23.2 Å². The van der Waals surface area contributed by atoms with Crippen molar-refractivity contribution in [2.45, 2.75) is 32.2 Å². The zero-order chi connectivity index (χ0) is 21.2. The smallest absolute Gasteiger partial charge is 0.322 e. The number of nitrogens with one attached hydrogen (secondary N) is 2. The van der Waals surface area contributed by atoms with Gasteiger partial charge in [0.2, 0.25) is 5.91 Å². The Bertz CT molecular complexity index is 965. The maximum atomic E-state index is 13.2. The summed E-state index contributed by atoms with van der Waals surface area (Å²) in [5.74, 6) is -1.02. The molecule has 4 amide bonds. The SMILES string of the molecule is CCC[C@@]1(c2ccccc2)NC(=O)N(CC(=O)Nc2c(Cl)ccc(C)c2Cl)C1=O. The number of amides is 4. The fourth-order valence-electron chi connectivity index (χ4n) is 3.47. The summed E-state index contributed by atoms with van der Waals surface area (Å²) in [5, 5.41) is 5.99. The molecule has 1 atom stereocenters. The zero-order valence-corrected chi connectivity index (χ0v) is 17.6. The third-order valence-corrected chi connectivity index (χ3v) is 5.72. The fourth-order valence-corrected chi connectivity index (χ4v) is 3.94. The van der Waals surface area contributed by atoms with Crippen LogP contribution < -0.4 is 10.6 Å². The van der Waals surface area contributed by atoms with E-state index in [1.807, 2.05) is 25.1 Å². The van der Waals surface area contributed by atoms with Crippen molar-refractivity contribution in [2.24, 2.45) is 0 Å². The number of nitrogens with zero attached hydrogens (tertiary/aromatic N) is 1. The van der Waals surface area contributed by atoms with E-state index in [1.54, 1.807) is 31.2 Å². The largest absolute Gasteiger partial charge is 0.325 e. The van der Waals surface area contributed by atoms with Gasteiger partial charge in [0.05, 0.1) is 15.7 Å². The molecule has 0 bridgehead atoms. The van der Waals surface area contributed by atoms with Gasteiger partial charge in [0.1, 0.15) is 12.1 Å². The van der Waals surface area contributed by atoms with Crippen LogP contribution in [0, 0.1) is 6.92 Å². The zero-order valence-electron chi connectivity index (χ0n) is 16.1. The number of carbonyl (C=O) groups is 3. The molecule has 0 aliphatic carbocycles. The quantitative estimate of drug-likeness (QED) is 0.658. The van der Waals surface area contributed by atoms with Gasteiger partial charge < -0.3 is 10.6 Å². The summed E-state index contributed by atoms with van der Waals surface area (Å²) in [7, 11) is 0. The number of carbonyl (C=O) groups excluding carboxylic acids is 3. The van der Waals surface area contributed by atoms with Crippen molar-refractivity contribution in [1.82, 2.24) is 10.2 Å². The first kappa shape index (κ1) is 21.1. The highest BCUT2D eigenvalue weighted by atomic mass is 35.5. The van der Waals surface area contributed by atoms with Crippen LogP contribution in [0.4, 0.5) is 10.5 Å². The molecule has 8 heteroatoms.